The molecule has 0 fully saturated rings. The van der Waals surface area contributed by atoms with Crippen molar-refractivity contribution in [1.29, 1.82) is 0 Å². The highest BCUT2D eigenvalue weighted by atomic mass is 35.5. The normalized spacial score (nSPS) is 10.3. The Labute approximate surface area is 118 Å². The summed E-state index contributed by atoms with van der Waals surface area (Å²) in [4.78, 5) is 11.0. The minimum Gasteiger partial charge on any atom is -0.488 e. The predicted octanol–water partition coefficient (Wildman–Crippen LogP) is 3.90. The largest absolute Gasteiger partial charge is 0.488 e. The Morgan fingerprint density at radius 3 is 2.45 bits per heavy atom. The second-order valence-electron chi connectivity index (χ2n) is 3.93. The number of aromatic carboxylic acids is 1. The molecular formula is C14H9ClF2O3. The Bertz CT molecular complexity index is 639. The molecule has 0 spiro atoms. The highest BCUT2D eigenvalue weighted by Gasteiger charge is 2.14. The van der Waals surface area contributed by atoms with E-state index in [2.05, 4.69) is 0 Å². The van der Waals surface area contributed by atoms with Crippen LogP contribution in [0.4, 0.5) is 8.78 Å². The SMILES string of the molecule is O=C(O)c1cc(Cl)ccc1OCc1c(F)cccc1F. The molecule has 0 aliphatic carbocycles. The second kappa shape index (κ2) is 5.88. The smallest absolute Gasteiger partial charge is 0.339 e. The van der Waals surface area contributed by atoms with Crippen LogP contribution in [0.1, 0.15) is 15.9 Å². The van der Waals surface area contributed by atoms with Gasteiger partial charge in [0.1, 0.15) is 29.6 Å². The van der Waals surface area contributed by atoms with E-state index >= 15 is 0 Å². The van der Waals surface area contributed by atoms with Crippen LogP contribution in [0.3, 0.4) is 0 Å². The fourth-order valence-electron chi connectivity index (χ4n) is 1.62. The van der Waals surface area contributed by atoms with Crippen molar-refractivity contribution in [2.24, 2.45) is 0 Å². The average molecular weight is 299 g/mol. The third kappa shape index (κ3) is 3.05. The number of carboxylic acid groups (broad SMARTS) is 1. The topological polar surface area (TPSA) is 46.5 Å². The van der Waals surface area contributed by atoms with Gasteiger partial charge in [-0.25, -0.2) is 13.6 Å². The Morgan fingerprint density at radius 1 is 1.20 bits per heavy atom. The number of ether oxygens (including phenoxy) is 1. The molecule has 0 amide bonds. The Morgan fingerprint density at radius 2 is 1.85 bits per heavy atom. The molecule has 0 radical (unpaired) electrons. The van der Waals surface area contributed by atoms with E-state index in [1.165, 1.54) is 24.3 Å². The molecule has 2 rings (SSSR count). The van der Waals surface area contributed by atoms with Gasteiger partial charge in [-0.3, -0.25) is 0 Å². The van der Waals surface area contributed by atoms with Gasteiger partial charge in [0, 0.05) is 5.02 Å². The molecule has 104 valence electrons. The summed E-state index contributed by atoms with van der Waals surface area (Å²) in [5.74, 6) is -2.76. The van der Waals surface area contributed by atoms with Gasteiger partial charge in [0.15, 0.2) is 0 Å². The first-order valence-electron chi connectivity index (χ1n) is 5.57. The van der Waals surface area contributed by atoms with Crippen LogP contribution >= 0.6 is 11.6 Å². The van der Waals surface area contributed by atoms with Crippen LogP contribution in [0.5, 0.6) is 5.75 Å². The van der Waals surface area contributed by atoms with Crippen molar-refractivity contribution in [3.05, 3.63) is 64.2 Å². The van der Waals surface area contributed by atoms with E-state index in [-0.39, 0.29) is 21.9 Å². The number of hydrogen-bond donors (Lipinski definition) is 1. The Kier molecular flexibility index (Phi) is 4.20. The fourth-order valence-corrected chi connectivity index (χ4v) is 1.79. The van der Waals surface area contributed by atoms with Crippen molar-refractivity contribution in [2.75, 3.05) is 0 Å². The molecule has 0 aromatic heterocycles. The Hall–Kier alpha value is -2.14. The number of rotatable bonds is 4. The fraction of sp³-hybridized carbons (Fsp3) is 0.0714. The lowest BCUT2D eigenvalue weighted by molar-refractivity contribution is 0.0691. The first kappa shape index (κ1) is 14.3. The summed E-state index contributed by atoms with van der Waals surface area (Å²) < 4.78 is 32.0. The van der Waals surface area contributed by atoms with E-state index < -0.39 is 24.2 Å². The minimum atomic E-state index is -1.24. The lowest BCUT2D eigenvalue weighted by Crippen LogP contribution is -2.06. The molecule has 0 saturated heterocycles. The number of hydrogen-bond acceptors (Lipinski definition) is 2. The van der Waals surface area contributed by atoms with Gasteiger partial charge in [0.2, 0.25) is 0 Å². The van der Waals surface area contributed by atoms with Gasteiger partial charge in [0.05, 0.1) is 5.56 Å². The maximum atomic E-state index is 13.4. The molecule has 3 nitrogen and oxygen atoms in total. The van der Waals surface area contributed by atoms with Crippen molar-refractivity contribution < 1.29 is 23.4 Å². The van der Waals surface area contributed by atoms with E-state index in [0.29, 0.717) is 0 Å². The van der Waals surface area contributed by atoms with E-state index in [0.717, 1.165) is 12.1 Å². The third-order valence-corrected chi connectivity index (χ3v) is 2.84. The lowest BCUT2D eigenvalue weighted by atomic mass is 10.2. The molecule has 2 aromatic rings. The molecule has 0 aliphatic rings. The molecular weight excluding hydrogens is 290 g/mol. The van der Waals surface area contributed by atoms with Gasteiger partial charge in [-0.15, -0.1) is 0 Å². The van der Waals surface area contributed by atoms with Gasteiger partial charge in [0.25, 0.3) is 0 Å². The van der Waals surface area contributed by atoms with Crippen LogP contribution in [0, 0.1) is 11.6 Å². The zero-order valence-corrected chi connectivity index (χ0v) is 10.8. The van der Waals surface area contributed by atoms with Crippen LogP contribution in [0.2, 0.25) is 5.02 Å². The van der Waals surface area contributed by atoms with Crippen molar-refractivity contribution in [3.8, 4) is 5.75 Å². The van der Waals surface area contributed by atoms with E-state index in [1.54, 1.807) is 0 Å². The Balaban J connectivity index is 2.25. The van der Waals surface area contributed by atoms with Crippen LogP contribution in [0.25, 0.3) is 0 Å². The summed E-state index contributed by atoms with van der Waals surface area (Å²) >= 11 is 5.69. The van der Waals surface area contributed by atoms with Crippen molar-refractivity contribution in [2.45, 2.75) is 6.61 Å². The molecule has 0 saturated carbocycles. The van der Waals surface area contributed by atoms with Crippen molar-refractivity contribution in [3.63, 3.8) is 0 Å². The maximum Gasteiger partial charge on any atom is 0.339 e. The first-order chi connectivity index (χ1) is 9.49. The van der Waals surface area contributed by atoms with Gasteiger partial charge in [-0.05, 0) is 30.3 Å². The van der Waals surface area contributed by atoms with Crippen molar-refractivity contribution >= 4 is 17.6 Å². The highest BCUT2D eigenvalue weighted by molar-refractivity contribution is 6.31. The molecule has 20 heavy (non-hydrogen) atoms. The number of carboxylic acids is 1. The van der Waals surface area contributed by atoms with Crippen LogP contribution in [0.15, 0.2) is 36.4 Å². The van der Waals surface area contributed by atoms with Crippen LogP contribution in [-0.2, 0) is 6.61 Å². The maximum absolute atomic E-state index is 13.4. The van der Waals surface area contributed by atoms with Crippen LogP contribution in [-0.4, -0.2) is 11.1 Å². The monoisotopic (exact) mass is 298 g/mol. The summed E-state index contributed by atoms with van der Waals surface area (Å²) in [6.45, 7) is -0.416. The predicted molar refractivity (Wildman–Crippen MR) is 69.1 cm³/mol. The van der Waals surface area contributed by atoms with E-state index in [1.807, 2.05) is 0 Å². The van der Waals surface area contributed by atoms with Gasteiger partial charge >= 0.3 is 5.97 Å². The summed E-state index contributed by atoms with van der Waals surface area (Å²) in [6, 6.07) is 7.41. The third-order valence-electron chi connectivity index (χ3n) is 2.61. The number of carbonyl (C=O) groups is 1. The van der Waals surface area contributed by atoms with Gasteiger partial charge in [-0.1, -0.05) is 17.7 Å². The molecule has 0 atom stereocenters. The highest BCUT2D eigenvalue weighted by Crippen LogP contribution is 2.24. The summed E-state index contributed by atoms with van der Waals surface area (Å²) in [5.41, 5.74) is -0.437. The van der Waals surface area contributed by atoms with Gasteiger partial charge in [-0.2, -0.15) is 0 Å². The summed E-state index contributed by atoms with van der Waals surface area (Å²) in [7, 11) is 0. The number of halogens is 3. The summed E-state index contributed by atoms with van der Waals surface area (Å²) in [6.07, 6.45) is 0. The van der Waals surface area contributed by atoms with Crippen molar-refractivity contribution in [1.82, 2.24) is 0 Å². The standard InChI is InChI=1S/C14H9ClF2O3/c15-8-4-5-13(9(6-8)14(18)19)20-7-10-11(16)2-1-3-12(10)17/h1-6H,7H2,(H,18,19). The molecule has 6 heteroatoms. The zero-order chi connectivity index (χ0) is 14.7. The molecule has 2 aromatic carbocycles. The van der Waals surface area contributed by atoms with Crippen LogP contribution < -0.4 is 4.74 Å². The lowest BCUT2D eigenvalue weighted by Gasteiger charge is -2.10. The molecule has 0 bridgehead atoms. The molecule has 1 N–H and O–H groups in total. The average Bonchev–Trinajstić information content (AvgIpc) is 2.39. The second-order valence-corrected chi connectivity index (χ2v) is 4.37. The molecule has 0 heterocycles. The minimum absolute atomic E-state index is 0.00967. The molecule has 0 aliphatic heterocycles. The zero-order valence-electron chi connectivity index (χ0n) is 10.1. The number of benzene rings is 2. The summed E-state index contributed by atoms with van der Waals surface area (Å²) in [5, 5.41) is 9.24. The quantitative estimate of drug-likeness (QED) is 0.931. The van der Waals surface area contributed by atoms with E-state index in [4.69, 9.17) is 21.4 Å². The van der Waals surface area contributed by atoms with E-state index in [9.17, 15) is 13.6 Å². The first-order valence-corrected chi connectivity index (χ1v) is 5.95. The van der Waals surface area contributed by atoms with Gasteiger partial charge < -0.3 is 9.84 Å². The molecule has 0 unspecified atom stereocenters.